The highest BCUT2D eigenvalue weighted by Crippen LogP contribution is 2.22. The molecule has 5 nitrogen and oxygen atoms in total. The summed E-state index contributed by atoms with van der Waals surface area (Å²) >= 11 is 0. The molecule has 0 radical (unpaired) electrons. The number of nitriles is 1. The van der Waals surface area contributed by atoms with Crippen LogP contribution in [0.1, 0.15) is 112 Å². The van der Waals surface area contributed by atoms with Crippen molar-refractivity contribution in [3.8, 4) is 23.2 Å². The average Bonchev–Trinajstić information content (AvgIpc) is 2.95. The fourth-order valence-electron chi connectivity index (χ4n) is 4.52. The highest BCUT2D eigenvalue weighted by molar-refractivity contribution is 5.91. The molecule has 0 bridgehead atoms. The monoisotopic (exact) mass is 511 g/mol. The SMILES string of the molecule is CCCCCCCCCc1ccc(C(=O)Oc2ccc(-c3ncc(CCCCCC)cn3)cc2)cc1C#N. The molecule has 0 unspecified atom stereocenters. The third-order valence-electron chi connectivity index (χ3n) is 6.86. The van der Waals surface area contributed by atoms with E-state index < -0.39 is 5.97 Å². The van der Waals surface area contributed by atoms with Crippen LogP contribution in [-0.4, -0.2) is 15.9 Å². The van der Waals surface area contributed by atoms with Crippen LogP contribution in [0.15, 0.2) is 54.9 Å². The molecular weight excluding hydrogens is 470 g/mol. The van der Waals surface area contributed by atoms with E-state index in [1.54, 1.807) is 24.3 Å². The molecule has 3 aromatic rings. The largest absolute Gasteiger partial charge is 0.423 e. The van der Waals surface area contributed by atoms with Gasteiger partial charge in [-0.1, -0.05) is 77.7 Å². The topological polar surface area (TPSA) is 75.9 Å². The maximum Gasteiger partial charge on any atom is 0.343 e. The van der Waals surface area contributed by atoms with Crippen LogP contribution >= 0.6 is 0 Å². The molecule has 1 aromatic heterocycles. The summed E-state index contributed by atoms with van der Waals surface area (Å²) < 4.78 is 5.57. The molecule has 5 heteroatoms. The summed E-state index contributed by atoms with van der Waals surface area (Å²) in [7, 11) is 0. The molecule has 0 amide bonds. The third-order valence-corrected chi connectivity index (χ3v) is 6.86. The number of rotatable bonds is 16. The number of esters is 1. The predicted octanol–water partition coefficient (Wildman–Crippen LogP) is 8.65. The van der Waals surface area contributed by atoms with Crippen LogP contribution in [0.2, 0.25) is 0 Å². The Morgan fingerprint density at radius 3 is 2.05 bits per heavy atom. The minimum atomic E-state index is -0.472. The second-order valence-corrected chi connectivity index (χ2v) is 9.99. The lowest BCUT2D eigenvalue weighted by Crippen LogP contribution is -2.09. The van der Waals surface area contributed by atoms with Crippen molar-refractivity contribution in [1.29, 1.82) is 5.26 Å². The summed E-state index contributed by atoms with van der Waals surface area (Å²) in [6.07, 6.45) is 19.2. The van der Waals surface area contributed by atoms with Crippen LogP contribution < -0.4 is 4.74 Å². The zero-order valence-corrected chi connectivity index (χ0v) is 23.0. The van der Waals surface area contributed by atoms with E-state index in [1.807, 2.05) is 30.6 Å². The summed E-state index contributed by atoms with van der Waals surface area (Å²) in [6.45, 7) is 4.44. The van der Waals surface area contributed by atoms with Gasteiger partial charge in [0.1, 0.15) is 5.75 Å². The number of carbonyl (C=O) groups is 1. The third kappa shape index (κ3) is 9.41. The standard InChI is InChI=1S/C33H41N3O2/c1-3-5-7-9-10-11-13-15-27-16-17-29(22-30(27)23-34)33(37)38-31-20-18-28(19-21-31)32-35-24-26(25-36-32)14-12-8-6-4-2/h16-22,24-25H,3-15H2,1-2H3. The van der Waals surface area contributed by atoms with Crippen molar-refractivity contribution in [2.24, 2.45) is 0 Å². The van der Waals surface area contributed by atoms with Crippen molar-refractivity contribution in [3.63, 3.8) is 0 Å². The van der Waals surface area contributed by atoms with Crippen molar-refractivity contribution < 1.29 is 9.53 Å². The van der Waals surface area contributed by atoms with Gasteiger partial charge in [0.05, 0.1) is 17.2 Å². The summed E-state index contributed by atoms with van der Waals surface area (Å²) in [5.41, 5.74) is 3.94. The van der Waals surface area contributed by atoms with Crippen molar-refractivity contribution in [2.45, 2.75) is 97.3 Å². The Kier molecular flexibility index (Phi) is 12.5. The molecule has 38 heavy (non-hydrogen) atoms. The van der Waals surface area contributed by atoms with Crippen LogP contribution in [0.25, 0.3) is 11.4 Å². The van der Waals surface area contributed by atoms with Gasteiger partial charge in [0.25, 0.3) is 0 Å². The number of ether oxygens (including phenoxy) is 1. The number of nitrogens with zero attached hydrogens (tertiary/aromatic N) is 3. The maximum atomic E-state index is 12.7. The van der Waals surface area contributed by atoms with Crippen LogP contribution in [-0.2, 0) is 12.8 Å². The fraction of sp³-hybridized carbons (Fsp3) is 0.455. The van der Waals surface area contributed by atoms with Gasteiger partial charge in [-0.15, -0.1) is 0 Å². The molecule has 0 fully saturated rings. The Morgan fingerprint density at radius 2 is 1.39 bits per heavy atom. The molecule has 0 saturated carbocycles. The second kappa shape index (κ2) is 16.3. The van der Waals surface area contributed by atoms with Crippen molar-refractivity contribution in [3.05, 3.63) is 77.1 Å². The molecule has 0 atom stereocenters. The molecule has 2 aromatic carbocycles. The molecule has 0 spiro atoms. The van der Waals surface area contributed by atoms with Gasteiger partial charge in [0.2, 0.25) is 0 Å². The van der Waals surface area contributed by atoms with Gasteiger partial charge in [-0.2, -0.15) is 5.26 Å². The molecule has 0 saturated heterocycles. The Labute approximate surface area is 228 Å². The molecule has 1 heterocycles. The first-order valence-electron chi connectivity index (χ1n) is 14.3. The number of benzene rings is 2. The average molecular weight is 512 g/mol. The van der Waals surface area contributed by atoms with Gasteiger partial charge < -0.3 is 4.74 Å². The quantitative estimate of drug-likeness (QED) is 0.109. The number of carbonyl (C=O) groups excluding carboxylic acids is 1. The van der Waals surface area contributed by atoms with Crippen LogP contribution in [0.5, 0.6) is 5.75 Å². The highest BCUT2D eigenvalue weighted by Gasteiger charge is 2.13. The lowest BCUT2D eigenvalue weighted by atomic mass is 9.99. The number of aryl methyl sites for hydroxylation is 2. The fourth-order valence-corrected chi connectivity index (χ4v) is 4.52. The zero-order valence-electron chi connectivity index (χ0n) is 23.0. The minimum absolute atomic E-state index is 0.381. The lowest BCUT2D eigenvalue weighted by Gasteiger charge is -2.09. The molecule has 0 N–H and O–H groups in total. The molecule has 200 valence electrons. The Hall–Kier alpha value is -3.52. The number of hydrogen-bond acceptors (Lipinski definition) is 5. The Balaban J connectivity index is 1.52. The van der Waals surface area contributed by atoms with Gasteiger partial charge in [0.15, 0.2) is 5.82 Å². The normalized spacial score (nSPS) is 10.8. The zero-order chi connectivity index (χ0) is 27.0. The lowest BCUT2D eigenvalue weighted by molar-refractivity contribution is 0.0734. The van der Waals surface area contributed by atoms with E-state index >= 15 is 0 Å². The van der Waals surface area contributed by atoms with E-state index in [-0.39, 0.29) is 0 Å². The van der Waals surface area contributed by atoms with E-state index in [2.05, 4.69) is 29.9 Å². The summed E-state index contributed by atoms with van der Waals surface area (Å²) in [5.74, 6) is 0.618. The van der Waals surface area contributed by atoms with Gasteiger partial charge in [-0.25, -0.2) is 14.8 Å². The van der Waals surface area contributed by atoms with E-state index in [0.29, 0.717) is 22.7 Å². The van der Waals surface area contributed by atoms with Crippen molar-refractivity contribution in [1.82, 2.24) is 9.97 Å². The first-order chi connectivity index (χ1) is 18.6. The summed E-state index contributed by atoms with van der Waals surface area (Å²) in [4.78, 5) is 21.8. The summed E-state index contributed by atoms with van der Waals surface area (Å²) in [5, 5.41) is 9.62. The minimum Gasteiger partial charge on any atom is -0.423 e. The second-order valence-electron chi connectivity index (χ2n) is 9.99. The molecule has 0 aliphatic carbocycles. The molecule has 0 aliphatic rings. The van der Waals surface area contributed by atoms with Crippen LogP contribution in [0.3, 0.4) is 0 Å². The number of aromatic nitrogens is 2. The van der Waals surface area contributed by atoms with Gasteiger partial charge in [-0.05, 0) is 73.2 Å². The number of unbranched alkanes of at least 4 members (excludes halogenated alkanes) is 9. The predicted molar refractivity (Wildman–Crippen MR) is 153 cm³/mol. The number of hydrogen-bond donors (Lipinski definition) is 0. The van der Waals surface area contributed by atoms with Crippen LogP contribution in [0, 0.1) is 11.3 Å². The highest BCUT2D eigenvalue weighted by atomic mass is 16.5. The smallest absolute Gasteiger partial charge is 0.343 e. The van der Waals surface area contributed by atoms with E-state index in [9.17, 15) is 10.1 Å². The van der Waals surface area contributed by atoms with E-state index in [1.165, 1.54) is 57.8 Å². The molecular formula is C33H41N3O2. The Morgan fingerprint density at radius 1 is 0.789 bits per heavy atom. The van der Waals surface area contributed by atoms with Crippen molar-refractivity contribution in [2.75, 3.05) is 0 Å². The maximum absolute atomic E-state index is 12.7. The van der Waals surface area contributed by atoms with Crippen LogP contribution in [0.4, 0.5) is 0 Å². The molecule has 0 aliphatic heterocycles. The van der Waals surface area contributed by atoms with E-state index in [4.69, 9.17) is 4.74 Å². The first kappa shape index (κ1) is 29.0. The first-order valence-corrected chi connectivity index (χ1v) is 14.3. The van der Waals surface area contributed by atoms with Gasteiger partial charge in [-0.3, -0.25) is 0 Å². The summed E-state index contributed by atoms with van der Waals surface area (Å²) in [6, 6.07) is 14.7. The van der Waals surface area contributed by atoms with Gasteiger partial charge >= 0.3 is 5.97 Å². The van der Waals surface area contributed by atoms with Crippen molar-refractivity contribution >= 4 is 5.97 Å². The van der Waals surface area contributed by atoms with E-state index in [0.717, 1.165) is 42.4 Å². The molecule has 3 rings (SSSR count). The van der Waals surface area contributed by atoms with Gasteiger partial charge in [0, 0.05) is 18.0 Å². The Bertz CT molecular complexity index is 1160.